The Morgan fingerprint density at radius 3 is 2.43 bits per heavy atom. The first-order valence-electron chi connectivity index (χ1n) is 8.93. The number of halogens is 1. The van der Waals surface area contributed by atoms with Gasteiger partial charge >= 0.3 is 0 Å². The van der Waals surface area contributed by atoms with Crippen molar-refractivity contribution in [3.63, 3.8) is 0 Å². The zero-order valence-electron chi connectivity index (χ0n) is 15.9. The Morgan fingerprint density at radius 1 is 1.20 bits per heavy atom. The average Bonchev–Trinajstić information content (AvgIpc) is 3.23. The summed E-state index contributed by atoms with van der Waals surface area (Å²) < 4.78 is 38.6. The van der Waals surface area contributed by atoms with Crippen LogP contribution in [0.25, 0.3) is 0 Å². The minimum absolute atomic E-state index is 0.157. The predicted octanol–water partition coefficient (Wildman–Crippen LogP) is 2.40. The van der Waals surface area contributed by atoms with E-state index in [1.165, 1.54) is 23.6 Å². The van der Waals surface area contributed by atoms with E-state index in [0.29, 0.717) is 17.0 Å². The lowest BCUT2D eigenvalue weighted by Crippen LogP contribution is -2.49. The smallest absolute Gasteiger partial charge is 0.248 e. The zero-order chi connectivity index (χ0) is 21.9. The van der Waals surface area contributed by atoms with Gasteiger partial charge in [-0.2, -0.15) is 5.26 Å². The summed E-state index contributed by atoms with van der Waals surface area (Å²) in [5.41, 5.74) is 0.913. The lowest BCUT2D eigenvalue weighted by Gasteiger charge is -2.26. The van der Waals surface area contributed by atoms with Crippen LogP contribution in [0.4, 0.5) is 10.1 Å². The van der Waals surface area contributed by atoms with Crippen LogP contribution in [0.5, 0.6) is 0 Å². The van der Waals surface area contributed by atoms with Crippen LogP contribution < -0.4 is 5.32 Å². The molecule has 1 saturated heterocycles. The number of nitrogens with zero attached hydrogens (tertiary/aromatic N) is 2. The standard InChI is InChI=1S/C20H18FN3O4S2/c1-13(30(27,28)17-8-4-15(21)5-9-17)20(26)24-12-29-11-18(24)19(25)23-16-6-2-14(10-22)3-7-16/h2-9,13,18H,11-12H2,1H3,(H,23,25). The third-order valence-corrected chi connectivity index (χ3v) is 7.78. The first kappa shape index (κ1) is 21.8. The summed E-state index contributed by atoms with van der Waals surface area (Å²) in [5, 5.41) is 10.1. The van der Waals surface area contributed by atoms with Crippen LogP contribution in [-0.4, -0.2) is 48.1 Å². The Balaban J connectivity index is 1.74. The third-order valence-electron chi connectivity index (χ3n) is 4.70. The minimum atomic E-state index is -4.04. The summed E-state index contributed by atoms with van der Waals surface area (Å²) in [4.78, 5) is 26.7. The van der Waals surface area contributed by atoms with Gasteiger partial charge in [-0.1, -0.05) is 0 Å². The molecule has 1 aliphatic heterocycles. The van der Waals surface area contributed by atoms with E-state index in [9.17, 15) is 22.4 Å². The fraction of sp³-hybridized carbons (Fsp3) is 0.250. The van der Waals surface area contributed by atoms with Crippen molar-refractivity contribution in [2.45, 2.75) is 23.1 Å². The number of anilines is 1. The molecule has 2 unspecified atom stereocenters. The van der Waals surface area contributed by atoms with Crippen LogP contribution in [0.2, 0.25) is 0 Å². The molecule has 1 heterocycles. The fourth-order valence-corrected chi connectivity index (χ4v) is 5.41. The van der Waals surface area contributed by atoms with E-state index < -0.39 is 38.8 Å². The van der Waals surface area contributed by atoms with E-state index in [0.717, 1.165) is 24.3 Å². The summed E-state index contributed by atoms with van der Waals surface area (Å²) in [6, 6.07) is 11.7. The molecular formula is C20H18FN3O4S2. The van der Waals surface area contributed by atoms with Crippen LogP contribution in [-0.2, 0) is 19.4 Å². The Labute approximate surface area is 177 Å². The van der Waals surface area contributed by atoms with E-state index in [1.807, 2.05) is 6.07 Å². The lowest BCUT2D eigenvalue weighted by molar-refractivity contribution is -0.135. The van der Waals surface area contributed by atoms with Crippen molar-refractivity contribution in [1.82, 2.24) is 4.90 Å². The Morgan fingerprint density at radius 2 is 1.83 bits per heavy atom. The summed E-state index contributed by atoms with van der Waals surface area (Å²) in [5.74, 6) is -1.19. The van der Waals surface area contributed by atoms with Crippen molar-refractivity contribution in [3.05, 3.63) is 59.9 Å². The van der Waals surface area contributed by atoms with Gasteiger partial charge in [0.25, 0.3) is 0 Å². The molecule has 0 aromatic heterocycles. The molecule has 7 nitrogen and oxygen atoms in total. The number of thioether (sulfide) groups is 1. The third kappa shape index (κ3) is 4.47. The van der Waals surface area contributed by atoms with E-state index >= 15 is 0 Å². The number of amides is 2. The molecule has 0 radical (unpaired) electrons. The number of hydrogen-bond acceptors (Lipinski definition) is 6. The average molecular weight is 448 g/mol. The molecule has 2 amide bonds. The van der Waals surface area contributed by atoms with Crippen molar-refractivity contribution in [2.75, 3.05) is 16.9 Å². The highest BCUT2D eigenvalue weighted by Gasteiger charge is 2.40. The second-order valence-electron chi connectivity index (χ2n) is 6.64. The van der Waals surface area contributed by atoms with E-state index in [1.54, 1.807) is 24.3 Å². The maximum absolute atomic E-state index is 13.1. The molecule has 0 saturated carbocycles. The van der Waals surface area contributed by atoms with Crippen molar-refractivity contribution in [3.8, 4) is 6.07 Å². The van der Waals surface area contributed by atoms with Gasteiger partial charge in [0.05, 0.1) is 22.4 Å². The van der Waals surface area contributed by atoms with Crippen molar-refractivity contribution < 1.29 is 22.4 Å². The van der Waals surface area contributed by atoms with Gasteiger partial charge in [0.2, 0.25) is 11.8 Å². The molecule has 0 aliphatic carbocycles. The number of carbonyl (C=O) groups is 2. The monoisotopic (exact) mass is 447 g/mol. The second-order valence-corrected chi connectivity index (χ2v) is 9.91. The first-order valence-corrected chi connectivity index (χ1v) is 11.6. The molecule has 3 rings (SSSR count). The molecule has 0 spiro atoms. The largest absolute Gasteiger partial charge is 0.324 e. The molecule has 10 heteroatoms. The van der Waals surface area contributed by atoms with Crippen molar-refractivity contribution in [2.24, 2.45) is 0 Å². The summed E-state index contributed by atoms with van der Waals surface area (Å²) in [7, 11) is -4.04. The minimum Gasteiger partial charge on any atom is -0.324 e. The molecule has 1 aliphatic rings. The Hall–Kier alpha value is -2.90. The first-order chi connectivity index (χ1) is 14.2. The number of sulfone groups is 1. The molecule has 156 valence electrons. The van der Waals surface area contributed by atoms with Crippen LogP contribution >= 0.6 is 11.8 Å². The number of carbonyl (C=O) groups excluding carboxylic acids is 2. The van der Waals surface area contributed by atoms with Gasteiger partial charge in [-0.25, -0.2) is 12.8 Å². The molecule has 2 aromatic rings. The molecule has 1 fully saturated rings. The summed E-state index contributed by atoms with van der Waals surface area (Å²) in [6.45, 7) is 1.26. The van der Waals surface area contributed by atoms with Gasteiger partial charge in [-0.3, -0.25) is 9.59 Å². The van der Waals surface area contributed by atoms with E-state index in [4.69, 9.17) is 5.26 Å². The van der Waals surface area contributed by atoms with Crippen LogP contribution in [0, 0.1) is 17.1 Å². The molecule has 2 atom stereocenters. The molecule has 30 heavy (non-hydrogen) atoms. The van der Waals surface area contributed by atoms with E-state index in [2.05, 4.69) is 5.32 Å². The number of nitrogens with one attached hydrogen (secondary N) is 1. The Bertz CT molecular complexity index is 1100. The molecule has 0 bridgehead atoms. The highest BCUT2D eigenvalue weighted by Crippen LogP contribution is 2.26. The van der Waals surface area contributed by atoms with Crippen LogP contribution in [0.1, 0.15) is 12.5 Å². The molecular weight excluding hydrogens is 429 g/mol. The fourth-order valence-electron chi connectivity index (χ4n) is 2.93. The molecule has 1 N–H and O–H groups in total. The van der Waals surface area contributed by atoms with Crippen molar-refractivity contribution in [1.29, 1.82) is 5.26 Å². The van der Waals surface area contributed by atoms with Gasteiger partial charge in [-0.15, -0.1) is 11.8 Å². The maximum atomic E-state index is 13.1. The summed E-state index contributed by atoms with van der Waals surface area (Å²) in [6.07, 6.45) is 0. The van der Waals surface area contributed by atoms with Gasteiger partial charge in [0.1, 0.15) is 17.1 Å². The number of hydrogen-bond donors (Lipinski definition) is 1. The second kappa shape index (κ2) is 8.85. The lowest BCUT2D eigenvalue weighted by atomic mass is 10.2. The summed E-state index contributed by atoms with van der Waals surface area (Å²) >= 11 is 1.35. The van der Waals surface area contributed by atoms with Gasteiger partial charge in [0.15, 0.2) is 9.84 Å². The van der Waals surface area contributed by atoms with E-state index in [-0.39, 0.29) is 10.8 Å². The number of benzene rings is 2. The number of nitriles is 1. The van der Waals surface area contributed by atoms with Gasteiger partial charge in [0, 0.05) is 11.4 Å². The SMILES string of the molecule is CC(C(=O)N1CSCC1C(=O)Nc1ccc(C#N)cc1)S(=O)(=O)c1ccc(F)cc1. The highest BCUT2D eigenvalue weighted by molar-refractivity contribution is 7.99. The predicted molar refractivity (Wildman–Crippen MR) is 111 cm³/mol. The van der Waals surface area contributed by atoms with Crippen LogP contribution in [0.15, 0.2) is 53.4 Å². The highest BCUT2D eigenvalue weighted by atomic mass is 32.2. The number of rotatable bonds is 5. The molecule has 2 aromatic carbocycles. The maximum Gasteiger partial charge on any atom is 0.248 e. The Kier molecular flexibility index (Phi) is 6.43. The quantitative estimate of drug-likeness (QED) is 0.706. The zero-order valence-corrected chi connectivity index (χ0v) is 17.5. The van der Waals surface area contributed by atoms with Gasteiger partial charge < -0.3 is 10.2 Å². The normalized spacial score (nSPS) is 17.2. The van der Waals surface area contributed by atoms with Crippen LogP contribution in [0.3, 0.4) is 0 Å². The topological polar surface area (TPSA) is 107 Å². The van der Waals surface area contributed by atoms with Gasteiger partial charge in [-0.05, 0) is 55.5 Å². The van der Waals surface area contributed by atoms with Crippen molar-refractivity contribution >= 4 is 39.1 Å².